The molecule has 1 aliphatic rings. The molecule has 0 amide bonds. The highest BCUT2D eigenvalue weighted by molar-refractivity contribution is 5.55. The molecule has 0 bridgehead atoms. The zero-order valence-electron chi connectivity index (χ0n) is 12.2. The van der Waals surface area contributed by atoms with Crippen LogP contribution in [-0.2, 0) is 0 Å². The van der Waals surface area contributed by atoms with E-state index in [2.05, 4.69) is 50.8 Å². The molecule has 2 rings (SSSR count). The fraction of sp³-hybridized carbons (Fsp3) is 0.625. The molecule has 1 aromatic rings. The summed E-state index contributed by atoms with van der Waals surface area (Å²) in [6.45, 7) is 12.1. The molecule has 0 radical (unpaired) electrons. The molecule has 2 nitrogen and oxygen atoms in total. The standard InChI is InChI=1S/C16H26N2/c1-12-5-6-13(2)15(9-12)18-8-7-16(3,4)14(10-17)11-18/h5-6,9,14H,7-8,10-11,17H2,1-4H3. The van der Waals surface area contributed by atoms with E-state index in [1.54, 1.807) is 0 Å². The summed E-state index contributed by atoms with van der Waals surface area (Å²) in [6, 6.07) is 6.72. The molecule has 1 aromatic carbocycles. The molecule has 1 fully saturated rings. The Kier molecular flexibility index (Phi) is 3.67. The van der Waals surface area contributed by atoms with Crippen molar-refractivity contribution >= 4 is 5.69 Å². The molecule has 18 heavy (non-hydrogen) atoms. The van der Waals surface area contributed by atoms with Crippen molar-refractivity contribution < 1.29 is 0 Å². The highest BCUT2D eigenvalue weighted by Crippen LogP contribution is 2.37. The molecule has 2 N–H and O–H groups in total. The van der Waals surface area contributed by atoms with Crippen molar-refractivity contribution in [1.82, 2.24) is 0 Å². The summed E-state index contributed by atoms with van der Waals surface area (Å²) in [5.41, 5.74) is 10.4. The zero-order valence-corrected chi connectivity index (χ0v) is 12.2. The van der Waals surface area contributed by atoms with Gasteiger partial charge in [-0.3, -0.25) is 0 Å². The predicted molar refractivity (Wildman–Crippen MR) is 79.1 cm³/mol. The van der Waals surface area contributed by atoms with Gasteiger partial charge in [0, 0.05) is 18.8 Å². The Morgan fingerprint density at radius 2 is 2.06 bits per heavy atom. The van der Waals surface area contributed by atoms with Crippen molar-refractivity contribution in [1.29, 1.82) is 0 Å². The van der Waals surface area contributed by atoms with Gasteiger partial charge in [-0.25, -0.2) is 0 Å². The summed E-state index contributed by atoms with van der Waals surface area (Å²) in [5, 5.41) is 0. The Morgan fingerprint density at radius 1 is 1.33 bits per heavy atom. The maximum Gasteiger partial charge on any atom is 0.0398 e. The Morgan fingerprint density at radius 3 is 2.72 bits per heavy atom. The summed E-state index contributed by atoms with van der Waals surface area (Å²) in [4.78, 5) is 2.52. The summed E-state index contributed by atoms with van der Waals surface area (Å²) in [6.07, 6.45) is 1.22. The number of anilines is 1. The summed E-state index contributed by atoms with van der Waals surface area (Å²) in [5.74, 6) is 0.589. The van der Waals surface area contributed by atoms with E-state index < -0.39 is 0 Å². The van der Waals surface area contributed by atoms with Crippen molar-refractivity contribution in [2.24, 2.45) is 17.1 Å². The Hall–Kier alpha value is -1.02. The lowest BCUT2D eigenvalue weighted by molar-refractivity contribution is 0.177. The van der Waals surface area contributed by atoms with Gasteiger partial charge in [-0.15, -0.1) is 0 Å². The van der Waals surface area contributed by atoms with E-state index in [1.165, 1.54) is 23.2 Å². The van der Waals surface area contributed by atoms with Crippen LogP contribution in [0.25, 0.3) is 0 Å². The average molecular weight is 246 g/mol. The number of hydrogen-bond donors (Lipinski definition) is 1. The Labute approximate surface area is 111 Å². The Balaban J connectivity index is 2.23. The van der Waals surface area contributed by atoms with E-state index in [-0.39, 0.29) is 0 Å². The van der Waals surface area contributed by atoms with Crippen molar-refractivity contribution in [2.75, 3.05) is 24.5 Å². The van der Waals surface area contributed by atoms with E-state index in [0.717, 1.165) is 19.6 Å². The number of benzene rings is 1. The number of nitrogens with two attached hydrogens (primary N) is 1. The van der Waals surface area contributed by atoms with Crippen molar-refractivity contribution in [3.8, 4) is 0 Å². The van der Waals surface area contributed by atoms with Crippen LogP contribution in [0.1, 0.15) is 31.4 Å². The molecular formula is C16H26N2. The topological polar surface area (TPSA) is 29.3 Å². The van der Waals surface area contributed by atoms with Gasteiger partial charge in [0.1, 0.15) is 0 Å². The molecule has 1 heterocycles. The first kappa shape index (κ1) is 13.4. The van der Waals surface area contributed by atoms with Gasteiger partial charge < -0.3 is 10.6 Å². The van der Waals surface area contributed by atoms with Crippen LogP contribution in [0, 0.1) is 25.2 Å². The van der Waals surface area contributed by atoms with Crippen LogP contribution in [0.2, 0.25) is 0 Å². The van der Waals surface area contributed by atoms with Crippen molar-refractivity contribution in [3.05, 3.63) is 29.3 Å². The molecule has 1 saturated heterocycles. The minimum atomic E-state index is 0.378. The van der Waals surface area contributed by atoms with Gasteiger partial charge in [0.2, 0.25) is 0 Å². The van der Waals surface area contributed by atoms with Gasteiger partial charge in [-0.2, -0.15) is 0 Å². The number of piperidine rings is 1. The number of rotatable bonds is 2. The van der Waals surface area contributed by atoms with E-state index >= 15 is 0 Å². The largest absolute Gasteiger partial charge is 0.371 e. The highest BCUT2D eigenvalue weighted by Gasteiger charge is 2.34. The molecule has 1 unspecified atom stereocenters. The van der Waals surface area contributed by atoms with Crippen LogP contribution < -0.4 is 10.6 Å². The molecule has 100 valence electrons. The fourth-order valence-corrected chi connectivity index (χ4v) is 2.90. The highest BCUT2D eigenvalue weighted by atomic mass is 15.1. The quantitative estimate of drug-likeness (QED) is 0.868. The second kappa shape index (κ2) is 4.93. The molecule has 0 aliphatic carbocycles. The molecule has 1 atom stereocenters. The monoisotopic (exact) mass is 246 g/mol. The lowest BCUT2D eigenvalue weighted by atomic mass is 9.73. The Bertz CT molecular complexity index is 423. The lowest BCUT2D eigenvalue weighted by Crippen LogP contribution is -2.47. The normalized spacial score (nSPS) is 23.2. The van der Waals surface area contributed by atoms with Crippen LogP contribution in [0.5, 0.6) is 0 Å². The molecule has 1 aliphatic heterocycles. The first-order valence-corrected chi connectivity index (χ1v) is 6.96. The predicted octanol–water partition coefficient (Wildman–Crippen LogP) is 3.11. The molecule has 2 heteroatoms. The molecule has 0 saturated carbocycles. The number of nitrogens with zero attached hydrogens (tertiary/aromatic N) is 1. The second-order valence-corrected chi connectivity index (χ2v) is 6.41. The number of aryl methyl sites for hydroxylation is 2. The van der Waals surface area contributed by atoms with Crippen LogP contribution in [0.4, 0.5) is 5.69 Å². The SMILES string of the molecule is Cc1ccc(C)c(N2CCC(C)(C)C(CN)C2)c1. The first-order valence-electron chi connectivity index (χ1n) is 6.96. The number of hydrogen-bond acceptors (Lipinski definition) is 2. The van der Waals surface area contributed by atoms with Crippen molar-refractivity contribution in [3.63, 3.8) is 0 Å². The summed E-state index contributed by atoms with van der Waals surface area (Å²) < 4.78 is 0. The van der Waals surface area contributed by atoms with Crippen LogP contribution >= 0.6 is 0 Å². The third kappa shape index (κ3) is 2.54. The smallest absolute Gasteiger partial charge is 0.0398 e. The third-order valence-electron chi connectivity index (χ3n) is 4.56. The maximum absolute atomic E-state index is 5.96. The lowest BCUT2D eigenvalue weighted by Gasteiger charge is -2.45. The summed E-state index contributed by atoms with van der Waals surface area (Å²) in [7, 11) is 0. The van der Waals surface area contributed by atoms with Gasteiger partial charge in [0.05, 0.1) is 0 Å². The minimum Gasteiger partial charge on any atom is -0.371 e. The molecule has 0 aromatic heterocycles. The molecule has 0 spiro atoms. The van der Waals surface area contributed by atoms with Gasteiger partial charge in [0.25, 0.3) is 0 Å². The fourth-order valence-electron chi connectivity index (χ4n) is 2.90. The van der Waals surface area contributed by atoms with Crippen LogP contribution in [0.3, 0.4) is 0 Å². The third-order valence-corrected chi connectivity index (χ3v) is 4.56. The van der Waals surface area contributed by atoms with Gasteiger partial charge in [-0.1, -0.05) is 26.0 Å². The maximum atomic E-state index is 5.96. The minimum absolute atomic E-state index is 0.378. The second-order valence-electron chi connectivity index (χ2n) is 6.41. The molecular weight excluding hydrogens is 220 g/mol. The van der Waals surface area contributed by atoms with E-state index in [9.17, 15) is 0 Å². The van der Waals surface area contributed by atoms with Crippen LogP contribution in [0.15, 0.2) is 18.2 Å². The zero-order chi connectivity index (χ0) is 13.3. The van der Waals surface area contributed by atoms with E-state index in [4.69, 9.17) is 5.73 Å². The first-order chi connectivity index (χ1) is 8.44. The van der Waals surface area contributed by atoms with E-state index in [1.807, 2.05) is 0 Å². The van der Waals surface area contributed by atoms with Gasteiger partial charge >= 0.3 is 0 Å². The van der Waals surface area contributed by atoms with Crippen molar-refractivity contribution in [2.45, 2.75) is 34.1 Å². The van der Waals surface area contributed by atoms with Gasteiger partial charge in [-0.05, 0) is 55.3 Å². The average Bonchev–Trinajstić information content (AvgIpc) is 2.32. The van der Waals surface area contributed by atoms with Crippen LogP contribution in [-0.4, -0.2) is 19.6 Å². The van der Waals surface area contributed by atoms with Gasteiger partial charge in [0.15, 0.2) is 0 Å². The summed E-state index contributed by atoms with van der Waals surface area (Å²) >= 11 is 0. The van der Waals surface area contributed by atoms with E-state index in [0.29, 0.717) is 11.3 Å².